The van der Waals surface area contributed by atoms with Gasteiger partial charge in [0.15, 0.2) is 5.69 Å². The van der Waals surface area contributed by atoms with Gasteiger partial charge in [0, 0.05) is 18.2 Å². The number of nitrogens with zero attached hydrogens (tertiary/aromatic N) is 7. The molecule has 1 aliphatic rings. The lowest BCUT2D eigenvalue weighted by Crippen LogP contribution is -2.34. The van der Waals surface area contributed by atoms with E-state index in [-0.39, 0.29) is 27.9 Å². The Bertz CT molecular complexity index is 1140. The van der Waals surface area contributed by atoms with Crippen LogP contribution in [0.5, 0.6) is 0 Å². The first-order valence-corrected chi connectivity index (χ1v) is 10.8. The maximum absolute atomic E-state index is 13.9. The molecule has 2 heterocycles. The average molecular weight is 476 g/mol. The molecule has 0 atom stereocenters. The van der Waals surface area contributed by atoms with E-state index in [0.29, 0.717) is 18.3 Å². The van der Waals surface area contributed by atoms with Crippen molar-refractivity contribution in [2.45, 2.75) is 44.7 Å². The van der Waals surface area contributed by atoms with Gasteiger partial charge in [0.05, 0.1) is 16.9 Å². The number of amides is 1. The zero-order chi connectivity index (χ0) is 23.4. The van der Waals surface area contributed by atoms with Crippen molar-refractivity contribution < 1.29 is 13.8 Å². The molecule has 1 aromatic carbocycles. The van der Waals surface area contributed by atoms with Crippen LogP contribution < -0.4 is 11.2 Å². The number of anilines is 1. The Morgan fingerprint density at radius 2 is 2.18 bits per heavy atom. The van der Waals surface area contributed by atoms with Gasteiger partial charge in [0.25, 0.3) is 5.91 Å². The standard InChI is InChI=1S/C20H23ClFN9O2/c1-30(12-6-3-2-4-7-12)11-16-17(25-29-31(16)19-18(23)27-33-28-19)20(32)26-24-10-13-14(21)8-5-9-15(13)22/h5,8-10,12H,2-4,6-7,11H2,1H3,(H2,23,27)(H,26,32)/b24-10+. The van der Waals surface area contributed by atoms with Crippen molar-refractivity contribution in [2.24, 2.45) is 5.10 Å². The number of benzene rings is 1. The summed E-state index contributed by atoms with van der Waals surface area (Å²) < 4.78 is 19.9. The minimum Gasteiger partial charge on any atom is -0.378 e. The highest BCUT2D eigenvalue weighted by molar-refractivity contribution is 6.33. The topological polar surface area (TPSA) is 140 Å². The molecule has 0 bridgehead atoms. The van der Waals surface area contributed by atoms with Crippen LogP contribution in [0.4, 0.5) is 10.2 Å². The molecular formula is C20H23ClFN9O2. The molecule has 0 radical (unpaired) electrons. The Kier molecular flexibility index (Phi) is 6.94. The van der Waals surface area contributed by atoms with Crippen molar-refractivity contribution in [3.05, 3.63) is 46.0 Å². The van der Waals surface area contributed by atoms with Crippen LogP contribution in [0.2, 0.25) is 5.02 Å². The number of halogens is 2. The molecule has 3 N–H and O–H groups in total. The van der Waals surface area contributed by atoms with Crippen molar-refractivity contribution >= 4 is 29.5 Å². The van der Waals surface area contributed by atoms with E-state index >= 15 is 0 Å². The third kappa shape index (κ3) is 5.01. The summed E-state index contributed by atoms with van der Waals surface area (Å²) in [6.07, 6.45) is 6.82. The minimum atomic E-state index is -0.632. The van der Waals surface area contributed by atoms with E-state index in [1.165, 1.54) is 29.3 Å². The molecule has 1 saturated carbocycles. The van der Waals surface area contributed by atoms with Crippen molar-refractivity contribution in [3.8, 4) is 5.82 Å². The van der Waals surface area contributed by atoms with Gasteiger partial charge in [-0.3, -0.25) is 9.69 Å². The summed E-state index contributed by atoms with van der Waals surface area (Å²) in [6.45, 7) is 0.357. The van der Waals surface area contributed by atoms with E-state index in [0.717, 1.165) is 31.9 Å². The van der Waals surface area contributed by atoms with Gasteiger partial charge in [-0.1, -0.05) is 42.1 Å². The third-order valence-corrected chi connectivity index (χ3v) is 5.96. The Morgan fingerprint density at radius 3 is 2.88 bits per heavy atom. The first kappa shape index (κ1) is 22.8. The van der Waals surface area contributed by atoms with Crippen molar-refractivity contribution in [1.82, 2.24) is 35.6 Å². The van der Waals surface area contributed by atoms with Crippen molar-refractivity contribution in [2.75, 3.05) is 12.8 Å². The summed E-state index contributed by atoms with van der Waals surface area (Å²) in [4.78, 5) is 15.0. The number of carbonyl (C=O) groups excluding carboxylic acids is 1. The quantitative estimate of drug-likeness (QED) is 0.392. The third-order valence-electron chi connectivity index (χ3n) is 5.63. The number of hydrazone groups is 1. The highest BCUT2D eigenvalue weighted by Gasteiger charge is 2.27. The second-order valence-electron chi connectivity index (χ2n) is 7.81. The van der Waals surface area contributed by atoms with Gasteiger partial charge >= 0.3 is 0 Å². The fourth-order valence-corrected chi connectivity index (χ4v) is 4.07. The molecule has 4 rings (SSSR count). The van der Waals surface area contributed by atoms with Crippen LogP contribution in [0, 0.1) is 5.82 Å². The van der Waals surface area contributed by atoms with Gasteiger partial charge in [-0.05, 0) is 42.3 Å². The Labute approximate surface area is 193 Å². The molecular weight excluding hydrogens is 453 g/mol. The largest absolute Gasteiger partial charge is 0.378 e. The molecule has 33 heavy (non-hydrogen) atoms. The summed E-state index contributed by atoms with van der Waals surface area (Å²) in [5.41, 5.74) is 8.71. The first-order valence-electron chi connectivity index (χ1n) is 10.5. The van der Waals surface area contributed by atoms with Gasteiger partial charge < -0.3 is 5.73 Å². The van der Waals surface area contributed by atoms with Crippen LogP contribution in [0.15, 0.2) is 27.9 Å². The molecule has 2 aromatic heterocycles. The van der Waals surface area contributed by atoms with Gasteiger partial charge in [0.1, 0.15) is 5.82 Å². The smallest absolute Gasteiger partial charge is 0.293 e. The highest BCUT2D eigenvalue weighted by Crippen LogP contribution is 2.24. The lowest BCUT2D eigenvalue weighted by Gasteiger charge is -2.31. The summed E-state index contributed by atoms with van der Waals surface area (Å²) in [7, 11) is 1.98. The monoisotopic (exact) mass is 475 g/mol. The van der Waals surface area contributed by atoms with Crippen LogP contribution in [0.3, 0.4) is 0 Å². The number of hydrogen-bond acceptors (Lipinski definition) is 9. The molecule has 1 aliphatic carbocycles. The molecule has 3 aromatic rings. The van der Waals surface area contributed by atoms with Crippen LogP contribution in [0.1, 0.15) is 53.8 Å². The van der Waals surface area contributed by atoms with Crippen LogP contribution in [-0.4, -0.2) is 55.4 Å². The minimum absolute atomic E-state index is 0.0145. The predicted molar refractivity (Wildman–Crippen MR) is 118 cm³/mol. The molecule has 13 heteroatoms. The molecule has 0 aliphatic heterocycles. The summed E-state index contributed by atoms with van der Waals surface area (Å²) in [6, 6.07) is 4.61. The Morgan fingerprint density at radius 1 is 1.39 bits per heavy atom. The molecule has 0 unspecified atom stereocenters. The van der Waals surface area contributed by atoms with Gasteiger partial charge in [-0.2, -0.15) is 9.78 Å². The van der Waals surface area contributed by atoms with E-state index in [4.69, 9.17) is 17.3 Å². The zero-order valence-electron chi connectivity index (χ0n) is 17.9. The lowest BCUT2D eigenvalue weighted by molar-refractivity contribution is 0.0947. The summed E-state index contributed by atoms with van der Waals surface area (Å²) in [5, 5.41) is 19.4. The summed E-state index contributed by atoms with van der Waals surface area (Å²) in [5.74, 6) is -1.04. The molecule has 174 valence electrons. The van der Waals surface area contributed by atoms with Crippen molar-refractivity contribution in [1.29, 1.82) is 0 Å². The second kappa shape index (κ2) is 10.0. The van der Waals surface area contributed by atoms with Gasteiger partial charge in [-0.25, -0.2) is 14.4 Å². The molecule has 1 fully saturated rings. The average Bonchev–Trinajstić information content (AvgIpc) is 3.42. The number of nitrogens with two attached hydrogens (primary N) is 1. The number of nitrogens with one attached hydrogen (secondary N) is 1. The molecule has 0 saturated heterocycles. The van der Waals surface area contributed by atoms with Gasteiger partial charge in [-0.15, -0.1) is 5.10 Å². The lowest BCUT2D eigenvalue weighted by atomic mass is 9.94. The van der Waals surface area contributed by atoms with E-state index in [9.17, 15) is 9.18 Å². The fraction of sp³-hybridized carbons (Fsp3) is 0.400. The fourth-order valence-electron chi connectivity index (χ4n) is 3.86. The van der Waals surface area contributed by atoms with E-state index < -0.39 is 11.7 Å². The van der Waals surface area contributed by atoms with E-state index in [1.54, 1.807) is 0 Å². The Balaban J connectivity index is 1.59. The maximum atomic E-state index is 13.9. The number of rotatable bonds is 7. The maximum Gasteiger partial charge on any atom is 0.293 e. The second-order valence-corrected chi connectivity index (χ2v) is 8.22. The van der Waals surface area contributed by atoms with Crippen LogP contribution in [-0.2, 0) is 6.54 Å². The highest BCUT2D eigenvalue weighted by atomic mass is 35.5. The van der Waals surface area contributed by atoms with E-state index in [1.807, 2.05) is 7.05 Å². The zero-order valence-corrected chi connectivity index (χ0v) is 18.7. The number of carbonyl (C=O) groups is 1. The van der Waals surface area contributed by atoms with Crippen LogP contribution >= 0.6 is 11.6 Å². The predicted octanol–water partition coefficient (Wildman–Crippen LogP) is 2.55. The van der Waals surface area contributed by atoms with E-state index in [2.05, 4.69) is 40.7 Å². The molecule has 1 amide bonds. The normalized spacial score (nSPS) is 14.9. The van der Waals surface area contributed by atoms with Gasteiger partial charge in [0.2, 0.25) is 11.6 Å². The molecule has 11 nitrogen and oxygen atoms in total. The number of nitrogen functional groups attached to an aromatic ring is 1. The molecule has 0 spiro atoms. The van der Waals surface area contributed by atoms with Crippen LogP contribution in [0.25, 0.3) is 5.82 Å². The SMILES string of the molecule is CN(Cc1c(C(=O)N/N=C/c2c(F)cccc2Cl)nnn1-c1nonc1N)C1CCCCC1. The van der Waals surface area contributed by atoms with Crippen molar-refractivity contribution in [3.63, 3.8) is 0 Å². The first-order chi connectivity index (χ1) is 16.0. The Hall–Kier alpha value is -3.38. The number of aromatic nitrogens is 5. The number of hydrogen-bond donors (Lipinski definition) is 2. The summed E-state index contributed by atoms with van der Waals surface area (Å²) >= 11 is 5.98.